The Bertz CT molecular complexity index is 1290. The Balaban J connectivity index is 1.25. The molecule has 5 rings (SSSR count). The summed E-state index contributed by atoms with van der Waals surface area (Å²) in [5, 5.41) is 30.8. The lowest BCUT2D eigenvalue weighted by molar-refractivity contribution is 0.203. The first kappa shape index (κ1) is 22.2. The molecule has 0 bridgehead atoms. The summed E-state index contributed by atoms with van der Waals surface area (Å²) in [6.45, 7) is 2.04. The summed E-state index contributed by atoms with van der Waals surface area (Å²) >= 11 is 1.43. The lowest BCUT2D eigenvalue weighted by Crippen LogP contribution is -2.41. The highest BCUT2D eigenvalue weighted by Gasteiger charge is 2.27. The number of carbonyl (C=O) groups is 1. The molecule has 2 amide bonds. The molecule has 5 N–H and O–H groups in total. The Kier molecular flexibility index (Phi) is 6.37. The van der Waals surface area contributed by atoms with Gasteiger partial charge in [-0.15, -0.1) is 5.10 Å². The zero-order chi connectivity index (χ0) is 23.5. The normalized spacial score (nSPS) is 17.7. The van der Waals surface area contributed by atoms with Gasteiger partial charge >= 0.3 is 6.03 Å². The minimum atomic E-state index is -0.253. The van der Waals surface area contributed by atoms with Crippen molar-refractivity contribution in [1.82, 2.24) is 30.1 Å². The number of aliphatic hydroxyl groups is 1. The number of aromatic nitrogens is 5. The van der Waals surface area contributed by atoms with E-state index in [1.807, 2.05) is 55.6 Å². The fourth-order valence-corrected chi connectivity index (χ4v) is 4.89. The summed E-state index contributed by atoms with van der Waals surface area (Å²) in [6, 6.07) is 13.1. The van der Waals surface area contributed by atoms with Crippen molar-refractivity contribution in [2.45, 2.75) is 42.3 Å². The van der Waals surface area contributed by atoms with E-state index in [2.05, 4.69) is 36.2 Å². The third-order valence-electron chi connectivity index (χ3n) is 5.86. The first-order valence-electron chi connectivity index (χ1n) is 11.2. The van der Waals surface area contributed by atoms with Gasteiger partial charge in [-0.1, -0.05) is 6.42 Å². The molecule has 1 aliphatic carbocycles. The van der Waals surface area contributed by atoms with Crippen LogP contribution in [0.1, 0.15) is 25.0 Å². The predicted octanol–water partition coefficient (Wildman–Crippen LogP) is 3.94. The van der Waals surface area contributed by atoms with Crippen LogP contribution in [0, 0.1) is 12.8 Å². The van der Waals surface area contributed by atoms with E-state index >= 15 is 0 Å². The van der Waals surface area contributed by atoms with Crippen molar-refractivity contribution >= 4 is 40.6 Å². The molecule has 0 unspecified atom stereocenters. The number of amides is 2. The fourth-order valence-electron chi connectivity index (χ4n) is 4.15. The molecule has 34 heavy (non-hydrogen) atoms. The summed E-state index contributed by atoms with van der Waals surface area (Å²) in [5.41, 5.74) is 2.50. The van der Waals surface area contributed by atoms with Crippen molar-refractivity contribution in [2.24, 2.45) is 5.92 Å². The summed E-state index contributed by atoms with van der Waals surface area (Å²) in [6.07, 6.45) is 4.75. The maximum Gasteiger partial charge on any atom is 0.319 e. The number of hydrogen-bond acceptors (Lipinski definition) is 7. The average molecular weight is 479 g/mol. The Morgan fingerprint density at radius 2 is 2.12 bits per heavy atom. The zero-order valence-corrected chi connectivity index (χ0v) is 19.5. The van der Waals surface area contributed by atoms with Crippen LogP contribution in [0.5, 0.6) is 0 Å². The Labute approximate surface area is 200 Å². The first-order valence-corrected chi connectivity index (χ1v) is 12.0. The molecule has 1 fully saturated rings. The molecule has 4 aromatic rings. The quantitative estimate of drug-likeness (QED) is 0.272. The van der Waals surface area contributed by atoms with Crippen molar-refractivity contribution in [2.75, 3.05) is 17.2 Å². The molecule has 0 spiro atoms. The fraction of sp³-hybridized carbons (Fsp3) is 0.304. The van der Waals surface area contributed by atoms with Gasteiger partial charge < -0.3 is 21.1 Å². The highest BCUT2D eigenvalue weighted by molar-refractivity contribution is 7.99. The molecule has 2 atom stereocenters. The molecule has 0 saturated heterocycles. The standard InChI is InChI=1S/C23H26N8O2S/c1-14-12-20(29-28-14)26-21-19-6-3-11-31(19)30-23(27-21)34-17-9-7-16(8-10-17)24-22(33)25-18-5-2-4-15(18)13-32/h3,6-12,15,18,32H,2,4-5,13H2,1H3,(H2,24,25,33)(H2,26,27,28,29,30)/t15-,18-/m1/s1. The molecule has 0 radical (unpaired) electrons. The van der Waals surface area contributed by atoms with Gasteiger partial charge in [-0.2, -0.15) is 5.10 Å². The Morgan fingerprint density at radius 1 is 1.26 bits per heavy atom. The monoisotopic (exact) mass is 478 g/mol. The lowest BCUT2D eigenvalue weighted by Gasteiger charge is -2.19. The minimum Gasteiger partial charge on any atom is -0.396 e. The molecule has 10 nitrogen and oxygen atoms in total. The smallest absolute Gasteiger partial charge is 0.319 e. The number of hydrogen-bond donors (Lipinski definition) is 5. The number of benzene rings is 1. The highest BCUT2D eigenvalue weighted by atomic mass is 32.2. The van der Waals surface area contributed by atoms with Crippen LogP contribution in [0.3, 0.4) is 0 Å². The molecule has 3 aromatic heterocycles. The third kappa shape index (κ3) is 5.00. The second-order valence-electron chi connectivity index (χ2n) is 8.35. The van der Waals surface area contributed by atoms with Crippen LogP contribution in [0.15, 0.2) is 58.7 Å². The highest BCUT2D eigenvalue weighted by Crippen LogP contribution is 2.29. The second-order valence-corrected chi connectivity index (χ2v) is 9.39. The van der Waals surface area contributed by atoms with Gasteiger partial charge in [-0.25, -0.2) is 14.3 Å². The van der Waals surface area contributed by atoms with Crippen LogP contribution in [-0.4, -0.2) is 48.6 Å². The number of nitrogens with one attached hydrogen (secondary N) is 4. The number of carbonyl (C=O) groups excluding carboxylic acids is 1. The van der Waals surface area contributed by atoms with Gasteiger partial charge in [0.1, 0.15) is 5.52 Å². The number of urea groups is 1. The molecular formula is C23H26N8O2S. The summed E-state index contributed by atoms with van der Waals surface area (Å²) < 4.78 is 1.78. The number of H-pyrrole nitrogens is 1. The summed E-state index contributed by atoms with van der Waals surface area (Å²) in [7, 11) is 0. The lowest BCUT2D eigenvalue weighted by atomic mass is 10.1. The maximum absolute atomic E-state index is 12.3. The SMILES string of the molecule is Cc1cc(Nc2nc(Sc3ccc(NC(=O)N[C@@H]4CCC[C@@H]4CO)cc3)nn3cccc23)n[nH]1. The van der Waals surface area contributed by atoms with Crippen LogP contribution < -0.4 is 16.0 Å². The van der Waals surface area contributed by atoms with Gasteiger partial charge in [0.2, 0.25) is 5.16 Å². The van der Waals surface area contributed by atoms with E-state index in [9.17, 15) is 9.90 Å². The van der Waals surface area contributed by atoms with E-state index < -0.39 is 0 Å². The Morgan fingerprint density at radius 3 is 2.88 bits per heavy atom. The molecule has 176 valence electrons. The van der Waals surface area contributed by atoms with E-state index in [4.69, 9.17) is 0 Å². The topological polar surface area (TPSA) is 132 Å². The van der Waals surface area contributed by atoms with E-state index in [-0.39, 0.29) is 24.6 Å². The van der Waals surface area contributed by atoms with Crippen molar-refractivity contribution < 1.29 is 9.90 Å². The number of aryl methyl sites for hydroxylation is 1. The van der Waals surface area contributed by atoms with Crippen LogP contribution in [-0.2, 0) is 0 Å². The van der Waals surface area contributed by atoms with E-state index in [0.29, 0.717) is 22.5 Å². The van der Waals surface area contributed by atoms with E-state index in [1.54, 1.807) is 4.52 Å². The van der Waals surface area contributed by atoms with Crippen LogP contribution in [0.2, 0.25) is 0 Å². The van der Waals surface area contributed by atoms with Gasteiger partial charge in [-0.3, -0.25) is 5.10 Å². The number of anilines is 3. The Hall–Kier alpha value is -3.57. The van der Waals surface area contributed by atoms with Gasteiger partial charge in [0.25, 0.3) is 0 Å². The molecule has 3 heterocycles. The van der Waals surface area contributed by atoms with Gasteiger partial charge in [0.15, 0.2) is 11.6 Å². The van der Waals surface area contributed by atoms with Gasteiger partial charge in [0.05, 0.1) is 0 Å². The largest absolute Gasteiger partial charge is 0.396 e. The van der Waals surface area contributed by atoms with Crippen molar-refractivity contribution in [1.29, 1.82) is 0 Å². The van der Waals surface area contributed by atoms with Crippen LogP contribution >= 0.6 is 11.8 Å². The van der Waals surface area contributed by atoms with E-state index in [1.165, 1.54) is 11.8 Å². The molecule has 11 heteroatoms. The van der Waals surface area contributed by atoms with Crippen LogP contribution in [0.4, 0.5) is 22.1 Å². The van der Waals surface area contributed by atoms with Crippen LogP contribution in [0.25, 0.3) is 5.52 Å². The van der Waals surface area contributed by atoms with Crippen molar-refractivity contribution in [3.63, 3.8) is 0 Å². The number of fused-ring (bicyclic) bond motifs is 1. The second kappa shape index (κ2) is 9.74. The summed E-state index contributed by atoms with van der Waals surface area (Å²) in [4.78, 5) is 18.0. The number of nitrogens with zero attached hydrogens (tertiary/aromatic N) is 4. The van der Waals surface area contributed by atoms with Gasteiger partial charge in [-0.05, 0) is 67.9 Å². The van der Waals surface area contributed by atoms with E-state index in [0.717, 1.165) is 35.4 Å². The first-order chi connectivity index (χ1) is 16.6. The zero-order valence-electron chi connectivity index (χ0n) is 18.7. The predicted molar refractivity (Wildman–Crippen MR) is 131 cm³/mol. The van der Waals surface area contributed by atoms with Gasteiger partial charge in [0, 0.05) is 47.1 Å². The number of aliphatic hydroxyl groups excluding tert-OH is 1. The maximum atomic E-state index is 12.3. The average Bonchev–Trinajstić information content (AvgIpc) is 3.56. The molecule has 1 saturated carbocycles. The molecule has 1 aromatic carbocycles. The van der Waals surface area contributed by atoms with Crippen molar-refractivity contribution in [3.05, 3.63) is 54.4 Å². The minimum absolute atomic E-state index is 0.0220. The molecule has 0 aliphatic heterocycles. The molecule has 1 aliphatic rings. The summed E-state index contributed by atoms with van der Waals surface area (Å²) in [5.74, 6) is 1.49. The van der Waals surface area contributed by atoms with Crippen molar-refractivity contribution in [3.8, 4) is 0 Å². The third-order valence-corrected chi connectivity index (χ3v) is 6.72. The molecular weight excluding hydrogens is 452 g/mol. The number of aromatic amines is 1. The number of rotatable bonds is 7.